The summed E-state index contributed by atoms with van der Waals surface area (Å²) in [6, 6.07) is 0. The number of hydrogen-bond donors (Lipinski definition) is 1. The second kappa shape index (κ2) is 6.97. The summed E-state index contributed by atoms with van der Waals surface area (Å²) >= 11 is 0. The van der Waals surface area contributed by atoms with Gasteiger partial charge in [-0.2, -0.15) is 0 Å². The van der Waals surface area contributed by atoms with E-state index in [2.05, 4.69) is 10.7 Å². The lowest BCUT2D eigenvalue weighted by atomic mass is 9.62. The van der Waals surface area contributed by atoms with Crippen molar-refractivity contribution in [2.45, 2.75) is 46.1 Å². The van der Waals surface area contributed by atoms with E-state index in [4.69, 9.17) is 6.42 Å². The highest BCUT2D eigenvalue weighted by molar-refractivity contribution is 5.98. The minimum atomic E-state index is -1.31. The van der Waals surface area contributed by atoms with E-state index in [1.54, 1.807) is 26.0 Å². The molecule has 0 heterocycles. The van der Waals surface area contributed by atoms with Crippen LogP contribution in [0.25, 0.3) is 0 Å². The summed E-state index contributed by atoms with van der Waals surface area (Å²) in [6.07, 6.45) is 10.4. The summed E-state index contributed by atoms with van der Waals surface area (Å²) in [7, 11) is 1.30. The summed E-state index contributed by atoms with van der Waals surface area (Å²) in [5.41, 5.74) is -0.274. The van der Waals surface area contributed by atoms with Gasteiger partial charge in [-0.3, -0.25) is 4.79 Å². The number of hydrogen-bond acceptors (Lipinski definition) is 4. The van der Waals surface area contributed by atoms with E-state index >= 15 is 0 Å². The Kier molecular flexibility index (Phi) is 5.74. The first-order chi connectivity index (χ1) is 10.6. The third-order valence-corrected chi connectivity index (χ3v) is 4.41. The molecule has 1 aliphatic carbocycles. The smallest absolute Gasteiger partial charge is 0.330 e. The molecule has 0 saturated carbocycles. The molecule has 0 unspecified atom stereocenters. The van der Waals surface area contributed by atoms with Crippen LogP contribution >= 0.6 is 0 Å². The van der Waals surface area contributed by atoms with Crippen molar-refractivity contribution in [1.82, 2.24) is 0 Å². The van der Waals surface area contributed by atoms with Crippen LogP contribution in [-0.4, -0.2) is 29.6 Å². The van der Waals surface area contributed by atoms with E-state index in [1.165, 1.54) is 13.2 Å². The van der Waals surface area contributed by atoms with Crippen molar-refractivity contribution in [3.63, 3.8) is 0 Å². The number of carbonyl (C=O) groups excluding carboxylic acids is 2. The lowest BCUT2D eigenvalue weighted by Crippen LogP contribution is -2.49. The highest BCUT2D eigenvalue weighted by Crippen LogP contribution is 2.47. The van der Waals surface area contributed by atoms with Crippen molar-refractivity contribution < 1.29 is 19.4 Å². The maximum atomic E-state index is 12.3. The van der Waals surface area contributed by atoms with Gasteiger partial charge in [0.1, 0.15) is 5.60 Å². The Morgan fingerprint density at radius 2 is 2.09 bits per heavy atom. The van der Waals surface area contributed by atoms with E-state index in [9.17, 15) is 14.7 Å². The van der Waals surface area contributed by atoms with Crippen LogP contribution in [0.2, 0.25) is 0 Å². The first-order valence-corrected chi connectivity index (χ1v) is 7.44. The van der Waals surface area contributed by atoms with Gasteiger partial charge in [0.05, 0.1) is 7.11 Å². The summed E-state index contributed by atoms with van der Waals surface area (Å²) < 4.78 is 4.58. The fourth-order valence-electron chi connectivity index (χ4n) is 2.82. The van der Waals surface area contributed by atoms with Crippen LogP contribution in [-0.2, 0) is 14.3 Å². The van der Waals surface area contributed by atoms with Gasteiger partial charge in [-0.15, -0.1) is 12.3 Å². The van der Waals surface area contributed by atoms with Gasteiger partial charge in [0.2, 0.25) is 0 Å². The lowest BCUT2D eigenvalue weighted by Gasteiger charge is -2.45. The maximum Gasteiger partial charge on any atom is 0.330 e. The molecule has 0 radical (unpaired) electrons. The largest absolute Gasteiger partial charge is 0.466 e. The molecule has 0 bridgehead atoms. The molecule has 0 saturated heterocycles. The number of ether oxygens (including phenoxy) is 1. The number of Topliss-reactive ketones (excluding diaryl/α,β-unsaturated/α-hetero) is 1. The number of allylic oxidation sites excluding steroid dienone is 3. The molecule has 1 atom stereocenters. The van der Waals surface area contributed by atoms with E-state index in [0.717, 1.165) is 0 Å². The normalized spacial score (nSPS) is 24.7. The lowest BCUT2D eigenvalue weighted by molar-refractivity contribution is -0.134. The molecule has 0 aromatic rings. The molecule has 1 rings (SSSR count). The molecule has 1 aliphatic rings. The molecule has 0 spiro atoms. The first-order valence-electron chi connectivity index (χ1n) is 7.44. The van der Waals surface area contributed by atoms with Crippen molar-refractivity contribution in [2.24, 2.45) is 5.41 Å². The summed E-state index contributed by atoms with van der Waals surface area (Å²) in [6.45, 7) is 7.14. The van der Waals surface area contributed by atoms with E-state index in [-0.39, 0.29) is 18.6 Å². The fourth-order valence-corrected chi connectivity index (χ4v) is 2.82. The molecule has 0 aromatic heterocycles. The van der Waals surface area contributed by atoms with Gasteiger partial charge in [0.15, 0.2) is 5.78 Å². The van der Waals surface area contributed by atoms with Crippen LogP contribution in [0, 0.1) is 17.8 Å². The summed E-state index contributed by atoms with van der Waals surface area (Å²) in [5, 5.41) is 11.2. The van der Waals surface area contributed by atoms with E-state index in [0.29, 0.717) is 16.7 Å². The number of esters is 1. The molecule has 1 N–H and O–H groups in total. The van der Waals surface area contributed by atoms with E-state index in [1.807, 2.05) is 13.8 Å². The number of ketones is 1. The van der Waals surface area contributed by atoms with Gasteiger partial charge in [0, 0.05) is 29.9 Å². The third-order valence-electron chi connectivity index (χ3n) is 4.41. The van der Waals surface area contributed by atoms with Gasteiger partial charge in [-0.25, -0.2) is 4.79 Å². The van der Waals surface area contributed by atoms with Gasteiger partial charge in [-0.05, 0) is 31.1 Å². The number of rotatable bonds is 4. The molecule has 0 amide bonds. The van der Waals surface area contributed by atoms with Crippen molar-refractivity contribution in [3.05, 3.63) is 34.9 Å². The van der Waals surface area contributed by atoms with Gasteiger partial charge in [-0.1, -0.05) is 19.9 Å². The van der Waals surface area contributed by atoms with Gasteiger partial charge in [0.25, 0.3) is 0 Å². The van der Waals surface area contributed by atoms with Crippen molar-refractivity contribution in [2.75, 3.05) is 7.11 Å². The average Bonchev–Trinajstić information content (AvgIpc) is 2.47. The van der Waals surface area contributed by atoms with Gasteiger partial charge >= 0.3 is 5.97 Å². The number of terminal acetylenes is 1. The molecular weight excluding hydrogens is 292 g/mol. The van der Waals surface area contributed by atoms with Crippen LogP contribution in [0.3, 0.4) is 0 Å². The SMILES string of the molecule is C#CCC1=C(C)[C@](O)(C=CC(C)=CC(=O)OC)C(C)(C)CC1=O. The minimum absolute atomic E-state index is 0.0228. The monoisotopic (exact) mass is 316 g/mol. The standard InChI is InChI=1S/C19H24O4/c1-7-8-15-14(3)19(22,18(4,5)12-16(15)20)10-9-13(2)11-17(21)23-6/h1,9-11,22H,8,12H2,2-6H3/t19-/m1/s1. The molecule has 124 valence electrons. The molecular formula is C19H24O4. The highest BCUT2D eigenvalue weighted by atomic mass is 16.5. The Morgan fingerprint density at radius 1 is 1.48 bits per heavy atom. The zero-order valence-corrected chi connectivity index (χ0v) is 14.4. The van der Waals surface area contributed by atoms with Gasteiger partial charge < -0.3 is 9.84 Å². The van der Waals surface area contributed by atoms with Crippen LogP contribution in [0.4, 0.5) is 0 Å². The fraction of sp³-hybridized carbons (Fsp3) is 0.474. The maximum absolute atomic E-state index is 12.3. The predicted molar refractivity (Wildman–Crippen MR) is 89.4 cm³/mol. The Morgan fingerprint density at radius 3 is 2.61 bits per heavy atom. The molecule has 23 heavy (non-hydrogen) atoms. The summed E-state index contributed by atoms with van der Waals surface area (Å²) in [5.74, 6) is 1.99. The molecule has 4 heteroatoms. The summed E-state index contributed by atoms with van der Waals surface area (Å²) in [4.78, 5) is 23.5. The Hall–Kier alpha value is -2.12. The van der Waals surface area contributed by atoms with Crippen LogP contribution in [0.1, 0.15) is 40.5 Å². The topological polar surface area (TPSA) is 63.6 Å². The minimum Gasteiger partial charge on any atom is -0.466 e. The second-order valence-electron chi connectivity index (χ2n) is 6.48. The third kappa shape index (κ3) is 3.80. The Labute approximate surface area is 137 Å². The Bertz CT molecular complexity index is 641. The van der Waals surface area contributed by atoms with Crippen molar-refractivity contribution in [3.8, 4) is 12.3 Å². The first kappa shape index (κ1) is 18.9. The van der Waals surface area contributed by atoms with E-state index < -0.39 is 17.0 Å². The number of carbonyl (C=O) groups is 2. The average molecular weight is 316 g/mol. The van der Waals surface area contributed by atoms with Crippen molar-refractivity contribution in [1.29, 1.82) is 0 Å². The molecule has 0 aliphatic heterocycles. The number of aliphatic hydroxyl groups is 1. The second-order valence-corrected chi connectivity index (χ2v) is 6.48. The van der Waals surface area contributed by atoms with Crippen LogP contribution < -0.4 is 0 Å². The zero-order chi connectivity index (χ0) is 17.8. The van der Waals surface area contributed by atoms with Crippen LogP contribution in [0.15, 0.2) is 34.9 Å². The molecule has 4 nitrogen and oxygen atoms in total. The quantitative estimate of drug-likeness (QED) is 0.375. The number of methoxy groups -OCH3 is 1. The molecule has 0 fully saturated rings. The highest BCUT2D eigenvalue weighted by Gasteiger charge is 2.49. The van der Waals surface area contributed by atoms with Crippen LogP contribution in [0.5, 0.6) is 0 Å². The molecule has 0 aromatic carbocycles. The van der Waals surface area contributed by atoms with Crippen molar-refractivity contribution >= 4 is 11.8 Å². The predicted octanol–water partition coefficient (Wildman–Crippen LogP) is 2.73. The Balaban J connectivity index is 3.33. The zero-order valence-electron chi connectivity index (χ0n) is 14.4.